The lowest BCUT2D eigenvalue weighted by Crippen LogP contribution is -2.36. The Morgan fingerprint density at radius 3 is 2.59 bits per heavy atom. The largest absolute Gasteiger partial charge is 0.481 e. The first-order valence-corrected chi connectivity index (χ1v) is 9.20. The molecule has 1 N–H and O–H groups in total. The lowest BCUT2D eigenvalue weighted by atomic mass is 10.1. The van der Waals surface area contributed by atoms with Crippen molar-refractivity contribution in [2.75, 3.05) is 0 Å². The monoisotopic (exact) mass is 363 g/mol. The van der Waals surface area contributed by atoms with Crippen LogP contribution in [0.5, 0.6) is 5.75 Å². The quantitative estimate of drug-likeness (QED) is 0.694. The normalized spacial score (nSPS) is 11.8. The molecular weight excluding hydrogens is 338 g/mol. The van der Waals surface area contributed by atoms with Gasteiger partial charge in [-0.2, -0.15) is 0 Å². The van der Waals surface area contributed by atoms with Crippen molar-refractivity contribution < 1.29 is 9.53 Å². The number of aryl methyl sites for hydroxylation is 2. The van der Waals surface area contributed by atoms with Gasteiger partial charge >= 0.3 is 0 Å². The Morgan fingerprint density at radius 1 is 1.19 bits per heavy atom. The Labute approximate surface area is 160 Å². The molecule has 0 saturated heterocycles. The van der Waals surface area contributed by atoms with Gasteiger partial charge in [0.1, 0.15) is 11.6 Å². The molecule has 1 atom stereocenters. The molecule has 5 heteroatoms. The van der Waals surface area contributed by atoms with Crippen molar-refractivity contribution in [1.29, 1.82) is 0 Å². The van der Waals surface area contributed by atoms with Crippen LogP contribution in [-0.2, 0) is 17.8 Å². The number of hydrogen-bond donors (Lipinski definition) is 1. The van der Waals surface area contributed by atoms with E-state index in [0.29, 0.717) is 6.54 Å². The average molecular weight is 363 g/mol. The van der Waals surface area contributed by atoms with Crippen molar-refractivity contribution in [2.45, 2.75) is 39.8 Å². The SMILES string of the molecule is CCc1ccccc1O[C@@H](C)C(=O)NCc1ccc(-n2ccnc2C)cc1. The van der Waals surface area contributed by atoms with Crippen LogP contribution in [0.1, 0.15) is 30.8 Å². The second-order valence-corrected chi connectivity index (χ2v) is 6.45. The molecule has 2 aromatic carbocycles. The van der Waals surface area contributed by atoms with E-state index in [-0.39, 0.29) is 5.91 Å². The van der Waals surface area contributed by atoms with Crippen molar-refractivity contribution in [3.05, 3.63) is 77.9 Å². The maximum absolute atomic E-state index is 12.4. The van der Waals surface area contributed by atoms with Crippen molar-refractivity contribution >= 4 is 5.91 Å². The van der Waals surface area contributed by atoms with Crippen LogP contribution in [0, 0.1) is 6.92 Å². The number of aromatic nitrogens is 2. The highest BCUT2D eigenvalue weighted by atomic mass is 16.5. The highest BCUT2D eigenvalue weighted by molar-refractivity contribution is 5.80. The highest BCUT2D eigenvalue weighted by Crippen LogP contribution is 2.19. The summed E-state index contributed by atoms with van der Waals surface area (Å²) in [6.45, 7) is 6.27. The van der Waals surface area contributed by atoms with E-state index < -0.39 is 6.10 Å². The molecule has 0 unspecified atom stereocenters. The first-order valence-electron chi connectivity index (χ1n) is 9.20. The van der Waals surface area contributed by atoms with Gasteiger partial charge in [-0.05, 0) is 49.6 Å². The van der Waals surface area contributed by atoms with Crippen LogP contribution in [0.4, 0.5) is 0 Å². The van der Waals surface area contributed by atoms with E-state index in [2.05, 4.69) is 17.2 Å². The lowest BCUT2D eigenvalue weighted by molar-refractivity contribution is -0.127. The van der Waals surface area contributed by atoms with Gasteiger partial charge in [0.05, 0.1) is 0 Å². The van der Waals surface area contributed by atoms with E-state index >= 15 is 0 Å². The molecule has 0 fully saturated rings. The fraction of sp³-hybridized carbons (Fsp3) is 0.273. The number of hydrogen-bond acceptors (Lipinski definition) is 3. The van der Waals surface area contributed by atoms with E-state index in [0.717, 1.165) is 34.8 Å². The predicted molar refractivity (Wildman–Crippen MR) is 106 cm³/mol. The van der Waals surface area contributed by atoms with Gasteiger partial charge in [-0.15, -0.1) is 0 Å². The molecule has 3 aromatic rings. The standard InChI is InChI=1S/C22H25N3O2/c1-4-19-7-5-6-8-21(19)27-16(2)22(26)24-15-18-9-11-20(12-10-18)25-14-13-23-17(25)3/h5-14,16H,4,15H2,1-3H3,(H,24,26)/t16-/m0/s1. The maximum atomic E-state index is 12.4. The zero-order valence-corrected chi connectivity index (χ0v) is 16.0. The van der Waals surface area contributed by atoms with Gasteiger partial charge in [0.15, 0.2) is 6.10 Å². The van der Waals surface area contributed by atoms with Crippen LogP contribution in [0.25, 0.3) is 5.69 Å². The van der Waals surface area contributed by atoms with Gasteiger partial charge in [0.2, 0.25) is 0 Å². The van der Waals surface area contributed by atoms with E-state index in [1.165, 1.54) is 0 Å². The molecule has 1 heterocycles. The van der Waals surface area contributed by atoms with Gasteiger partial charge in [-0.1, -0.05) is 37.3 Å². The molecule has 0 radical (unpaired) electrons. The van der Waals surface area contributed by atoms with Crippen LogP contribution < -0.4 is 10.1 Å². The van der Waals surface area contributed by atoms with Crippen LogP contribution in [0.3, 0.4) is 0 Å². The average Bonchev–Trinajstić information content (AvgIpc) is 3.12. The molecule has 140 valence electrons. The highest BCUT2D eigenvalue weighted by Gasteiger charge is 2.15. The number of rotatable bonds is 7. The smallest absolute Gasteiger partial charge is 0.261 e. The molecule has 0 aliphatic rings. The summed E-state index contributed by atoms with van der Waals surface area (Å²) in [6, 6.07) is 15.9. The molecule has 27 heavy (non-hydrogen) atoms. The van der Waals surface area contributed by atoms with Crippen LogP contribution >= 0.6 is 0 Å². The summed E-state index contributed by atoms with van der Waals surface area (Å²) >= 11 is 0. The Hall–Kier alpha value is -3.08. The first kappa shape index (κ1) is 18.7. The number of para-hydroxylation sites is 1. The van der Waals surface area contributed by atoms with Gasteiger partial charge in [-0.25, -0.2) is 4.98 Å². The minimum Gasteiger partial charge on any atom is -0.481 e. The number of nitrogens with zero attached hydrogens (tertiary/aromatic N) is 2. The zero-order chi connectivity index (χ0) is 19.2. The summed E-state index contributed by atoms with van der Waals surface area (Å²) in [6.07, 6.45) is 4.03. The van der Waals surface area contributed by atoms with Gasteiger partial charge in [-0.3, -0.25) is 4.79 Å². The Morgan fingerprint density at radius 2 is 1.93 bits per heavy atom. The fourth-order valence-electron chi connectivity index (χ4n) is 2.91. The summed E-state index contributed by atoms with van der Waals surface area (Å²) in [5.74, 6) is 1.58. The maximum Gasteiger partial charge on any atom is 0.261 e. The molecule has 0 aliphatic carbocycles. The van der Waals surface area contributed by atoms with Gasteiger partial charge < -0.3 is 14.6 Å². The molecule has 1 amide bonds. The number of imidazole rings is 1. The molecular formula is C22H25N3O2. The molecule has 0 saturated carbocycles. The predicted octanol–water partition coefficient (Wildman–Crippen LogP) is 3.83. The molecule has 5 nitrogen and oxygen atoms in total. The second kappa shape index (κ2) is 8.54. The summed E-state index contributed by atoms with van der Waals surface area (Å²) in [4.78, 5) is 16.6. The summed E-state index contributed by atoms with van der Waals surface area (Å²) in [7, 11) is 0. The summed E-state index contributed by atoms with van der Waals surface area (Å²) in [5, 5.41) is 2.94. The van der Waals surface area contributed by atoms with E-state index in [1.807, 2.05) is 66.2 Å². The van der Waals surface area contributed by atoms with E-state index in [9.17, 15) is 4.79 Å². The summed E-state index contributed by atoms with van der Waals surface area (Å²) in [5.41, 5.74) is 3.18. The van der Waals surface area contributed by atoms with Crippen molar-refractivity contribution in [3.8, 4) is 11.4 Å². The van der Waals surface area contributed by atoms with Crippen LogP contribution in [-0.4, -0.2) is 21.6 Å². The van der Waals surface area contributed by atoms with Gasteiger partial charge in [0.25, 0.3) is 5.91 Å². The molecule has 0 bridgehead atoms. The number of carbonyl (C=O) groups is 1. The number of benzene rings is 2. The number of carbonyl (C=O) groups excluding carboxylic acids is 1. The number of nitrogens with one attached hydrogen (secondary N) is 1. The number of ether oxygens (including phenoxy) is 1. The van der Waals surface area contributed by atoms with Crippen LogP contribution in [0.15, 0.2) is 60.9 Å². The van der Waals surface area contributed by atoms with Crippen molar-refractivity contribution in [2.24, 2.45) is 0 Å². The van der Waals surface area contributed by atoms with Crippen molar-refractivity contribution in [1.82, 2.24) is 14.9 Å². The Kier molecular flexibility index (Phi) is 5.91. The molecule has 0 spiro atoms. The third kappa shape index (κ3) is 4.56. The molecule has 3 rings (SSSR count). The Bertz CT molecular complexity index is 900. The van der Waals surface area contributed by atoms with Crippen molar-refractivity contribution in [3.63, 3.8) is 0 Å². The zero-order valence-electron chi connectivity index (χ0n) is 16.0. The second-order valence-electron chi connectivity index (χ2n) is 6.45. The fourth-order valence-corrected chi connectivity index (χ4v) is 2.91. The lowest BCUT2D eigenvalue weighted by Gasteiger charge is -2.17. The van der Waals surface area contributed by atoms with Gasteiger partial charge in [0, 0.05) is 24.6 Å². The van der Waals surface area contributed by atoms with Crippen LogP contribution in [0.2, 0.25) is 0 Å². The Balaban J connectivity index is 1.56. The molecule has 1 aromatic heterocycles. The number of amides is 1. The van der Waals surface area contributed by atoms with E-state index in [1.54, 1.807) is 13.1 Å². The minimum atomic E-state index is -0.550. The minimum absolute atomic E-state index is 0.129. The topological polar surface area (TPSA) is 56.1 Å². The third-order valence-corrected chi connectivity index (χ3v) is 4.53. The molecule has 0 aliphatic heterocycles. The first-order chi connectivity index (χ1) is 13.1. The summed E-state index contributed by atoms with van der Waals surface area (Å²) < 4.78 is 7.86. The third-order valence-electron chi connectivity index (χ3n) is 4.53. The van der Waals surface area contributed by atoms with E-state index in [4.69, 9.17) is 4.74 Å².